The first kappa shape index (κ1) is 31.2. The van der Waals surface area contributed by atoms with Gasteiger partial charge in [-0.2, -0.15) is 0 Å². The Morgan fingerprint density at radius 2 is 0.951 bits per heavy atom. The lowest BCUT2D eigenvalue weighted by atomic mass is 10.00. The van der Waals surface area contributed by atoms with Crippen LogP contribution in [0.15, 0.2) is 91.0 Å². The summed E-state index contributed by atoms with van der Waals surface area (Å²) in [7, 11) is 4.69. The van der Waals surface area contributed by atoms with Crippen LogP contribution >= 0.6 is 7.26 Å². The van der Waals surface area contributed by atoms with Gasteiger partial charge in [0.25, 0.3) is 0 Å². The minimum absolute atomic E-state index is 0.558. The maximum Gasteiger partial charge on any atom is 0.207 e. The van der Waals surface area contributed by atoms with Gasteiger partial charge in [0.1, 0.15) is 23.2 Å². The number of benzene rings is 4. The molecule has 4 aromatic carbocycles. The quantitative estimate of drug-likeness (QED) is 0.128. The van der Waals surface area contributed by atoms with Crippen molar-refractivity contribution in [1.82, 2.24) is 0 Å². The standard InChI is InChI=1S/C32H36O4P.NO3/c1-24-28(30(34-3)32(36-5)31(35-4)29(24)33-2)22-15-23-37(25-16-9-6-10-17-25,26-18-11-7-12-19-26)27-20-13-8-14-21-27;2-1(3)4/h6-14,16-21H,15,22-23H2,1-5H3;/q+1;-1. The van der Waals surface area contributed by atoms with Gasteiger partial charge in [-0.15, -0.1) is 0 Å². The van der Waals surface area contributed by atoms with Crippen molar-refractivity contribution in [3.63, 3.8) is 0 Å². The van der Waals surface area contributed by atoms with E-state index >= 15 is 0 Å². The summed E-state index contributed by atoms with van der Waals surface area (Å²) in [5, 5.41) is 18.9. The van der Waals surface area contributed by atoms with E-state index in [0.717, 1.165) is 30.1 Å². The minimum atomic E-state index is -1.91. The third-order valence-electron chi connectivity index (χ3n) is 7.01. The maximum atomic E-state index is 8.25. The molecule has 0 aliphatic heterocycles. The Balaban J connectivity index is 0.00000108. The Hall–Kier alpha value is -4.29. The fourth-order valence-electron chi connectivity index (χ4n) is 5.33. The molecule has 0 aromatic heterocycles. The zero-order valence-corrected chi connectivity index (χ0v) is 24.9. The van der Waals surface area contributed by atoms with E-state index in [9.17, 15) is 0 Å². The van der Waals surface area contributed by atoms with Gasteiger partial charge in [0.15, 0.2) is 11.5 Å². The summed E-state index contributed by atoms with van der Waals surface area (Å²) in [5.74, 6) is 2.52. The molecule has 41 heavy (non-hydrogen) atoms. The first-order chi connectivity index (χ1) is 19.8. The van der Waals surface area contributed by atoms with Crippen LogP contribution in [0.25, 0.3) is 0 Å². The molecule has 0 fully saturated rings. The second kappa shape index (κ2) is 14.9. The van der Waals surface area contributed by atoms with Crippen molar-refractivity contribution >= 4 is 23.2 Å². The Morgan fingerprint density at radius 3 is 1.29 bits per heavy atom. The highest BCUT2D eigenvalue weighted by atomic mass is 31.2. The molecule has 9 heteroatoms. The van der Waals surface area contributed by atoms with E-state index in [1.807, 2.05) is 0 Å². The number of rotatable bonds is 11. The maximum absolute atomic E-state index is 8.25. The number of nitrogens with zero attached hydrogens (tertiary/aromatic N) is 1. The average Bonchev–Trinajstić information content (AvgIpc) is 3.00. The van der Waals surface area contributed by atoms with E-state index in [0.29, 0.717) is 23.0 Å². The molecule has 0 aliphatic rings. The monoisotopic (exact) mass is 577 g/mol. The van der Waals surface area contributed by atoms with Crippen LogP contribution in [0.1, 0.15) is 17.5 Å². The lowest BCUT2D eigenvalue weighted by molar-refractivity contribution is -0.402. The molecule has 4 rings (SSSR count). The SMILES string of the molecule is COc1c(C)c(CCC[P+](c2ccccc2)(c2ccccc2)c2ccccc2)c(OC)c(OC)c1OC.O=[N+]([O-])[O-]. The van der Waals surface area contributed by atoms with E-state index in [4.69, 9.17) is 34.3 Å². The molecule has 8 nitrogen and oxygen atoms in total. The largest absolute Gasteiger partial charge is 0.492 e. The van der Waals surface area contributed by atoms with Crippen molar-refractivity contribution < 1.29 is 24.0 Å². The van der Waals surface area contributed by atoms with E-state index in [-0.39, 0.29) is 0 Å². The molecule has 0 aliphatic carbocycles. The van der Waals surface area contributed by atoms with E-state index in [1.165, 1.54) is 15.9 Å². The molecule has 0 saturated carbocycles. The van der Waals surface area contributed by atoms with Crippen molar-refractivity contribution in [2.45, 2.75) is 19.8 Å². The lowest BCUT2D eigenvalue weighted by Crippen LogP contribution is -2.33. The summed E-state index contributed by atoms with van der Waals surface area (Å²) in [6.07, 6.45) is 2.80. The fraction of sp³-hybridized carbons (Fsp3) is 0.250. The Morgan fingerprint density at radius 1 is 0.610 bits per heavy atom. The van der Waals surface area contributed by atoms with Crippen molar-refractivity contribution in [2.24, 2.45) is 0 Å². The smallest absolute Gasteiger partial charge is 0.207 e. The first-order valence-electron chi connectivity index (χ1n) is 13.1. The zero-order valence-electron chi connectivity index (χ0n) is 24.0. The molecule has 216 valence electrons. The van der Waals surface area contributed by atoms with Crippen LogP contribution in [-0.4, -0.2) is 39.7 Å². The van der Waals surface area contributed by atoms with E-state index < -0.39 is 12.3 Å². The summed E-state index contributed by atoms with van der Waals surface area (Å²) in [6, 6.07) is 33.0. The first-order valence-corrected chi connectivity index (χ1v) is 15.0. The Labute approximate surface area is 241 Å². The average molecular weight is 578 g/mol. The highest BCUT2D eigenvalue weighted by Crippen LogP contribution is 2.56. The number of hydrogen-bond acceptors (Lipinski definition) is 7. The number of ether oxygens (including phenoxy) is 4. The van der Waals surface area contributed by atoms with Gasteiger partial charge < -0.3 is 34.3 Å². The van der Waals surface area contributed by atoms with Gasteiger partial charge in [-0.05, 0) is 56.2 Å². The van der Waals surface area contributed by atoms with Gasteiger partial charge in [0.2, 0.25) is 11.5 Å². The van der Waals surface area contributed by atoms with Crippen LogP contribution < -0.4 is 34.9 Å². The Bertz CT molecular complexity index is 1300. The van der Waals surface area contributed by atoms with Crippen LogP contribution in [0.5, 0.6) is 23.0 Å². The lowest BCUT2D eigenvalue weighted by Gasteiger charge is -2.28. The summed E-state index contributed by atoms with van der Waals surface area (Å²) >= 11 is 0. The summed E-state index contributed by atoms with van der Waals surface area (Å²) in [5.41, 5.74) is 2.10. The fourth-order valence-corrected chi connectivity index (χ4v) is 9.67. The summed E-state index contributed by atoms with van der Waals surface area (Å²) in [4.78, 5) is 8.25. The molecular formula is C32H36NO7P. The summed E-state index contributed by atoms with van der Waals surface area (Å²) in [6.45, 7) is 2.06. The van der Waals surface area contributed by atoms with E-state index in [2.05, 4.69) is 97.9 Å². The molecule has 0 radical (unpaired) electrons. The van der Waals surface area contributed by atoms with Gasteiger partial charge in [-0.1, -0.05) is 54.6 Å². The molecule has 0 saturated heterocycles. The van der Waals surface area contributed by atoms with Gasteiger partial charge in [-0.25, -0.2) is 0 Å². The predicted molar refractivity (Wildman–Crippen MR) is 166 cm³/mol. The van der Waals surface area contributed by atoms with Crippen LogP contribution in [0.4, 0.5) is 0 Å². The molecule has 4 aromatic rings. The topological polar surface area (TPSA) is 103 Å². The molecule has 0 atom stereocenters. The van der Waals surface area contributed by atoms with E-state index in [1.54, 1.807) is 28.4 Å². The summed E-state index contributed by atoms with van der Waals surface area (Å²) < 4.78 is 23.0. The molecule has 0 unspecified atom stereocenters. The molecule has 0 heterocycles. The minimum Gasteiger partial charge on any atom is -0.492 e. The highest BCUT2D eigenvalue weighted by Gasteiger charge is 2.44. The second-order valence-corrected chi connectivity index (χ2v) is 12.7. The Kier molecular flexibility index (Phi) is 11.4. The molecule has 0 N–H and O–H groups in total. The van der Waals surface area contributed by atoms with Crippen molar-refractivity contribution in [2.75, 3.05) is 34.6 Å². The molecule has 0 amide bonds. The molecule has 0 bridgehead atoms. The number of hydrogen-bond donors (Lipinski definition) is 0. The highest BCUT2D eigenvalue weighted by molar-refractivity contribution is 7.95. The van der Waals surface area contributed by atoms with Crippen molar-refractivity contribution in [1.29, 1.82) is 0 Å². The predicted octanol–water partition coefficient (Wildman–Crippen LogP) is 5.72. The van der Waals surface area contributed by atoms with Gasteiger partial charge >= 0.3 is 0 Å². The zero-order chi connectivity index (χ0) is 29.8. The third-order valence-corrected chi connectivity index (χ3v) is 11.5. The van der Waals surface area contributed by atoms with Crippen LogP contribution in [0.2, 0.25) is 0 Å². The van der Waals surface area contributed by atoms with Crippen LogP contribution in [0, 0.1) is 22.2 Å². The third kappa shape index (κ3) is 6.90. The van der Waals surface area contributed by atoms with Crippen molar-refractivity contribution in [3.8, 4) is 23.0 Å². The second-order valence-electron chi connectivity index (χ2n) is 9.10. The molecular weight excluding hydrogens is 541 g/mol. The van der Waals surface area contributed by atoms with Gasteiger partial charge in [0.05, 0.1) is 39.7 Å². The molecule has 0 spiro atoms. The number of methoxy groups -OCH3 is 4. The van der Waals surface area contributed by atoms with Crippen LogP contribution in [0.3, 0.4) is 0 Å². The van der Waals surface area contributed by atoms with Crippen molar-refractivity contribution in [3.05, 3.63) is 117 Å². The van der Waals surface area contributed by atoms with Crippen LogP contribution in [-0.2, 0) is 6.42 Å². The van der Waals surface area contributed by atoms with Gasteiger partial charge in [0, 0.05) is 11.1 Å². The van der Waals surface area contributed by atoms with Gasteiger partial charge in [-0.3, -0.25) is 0 Å². The normalized spacial score (nSPS) is 10.7.